The Bertz CT molecular complexity index is 892. The van der Waals surface area contributed by atoms with Crippen LogP contribution in [0.4, 0.5) is 13.2 Å². The number of carbonyl (C=O) groups is 1. The summed E-state index contributed by atoms with van der Waals surface area (Å²) in [7, 11) is -0.390. The van der Waals surface area contributed by atoms with Crippen molar-refractivity contribution in [1.82, 2.24) is 14.1 Å². The van der Waals surface area contributed by atoms with E-state index in [1.165, 1.54) is 11.4 Å². The number of rotatable bonds is 7. The number of nitrogens with zero attached hydrogens (tertiary/aromatic N) is 3. The molecule has 3 rings (SSSR count). The number of alkyl halides is 3. The Labute approximate surface area is 193 Å². The van der Waals surface area contributed by atoms with Gasteiger partial charge in [0.15, 0.2) is 0 Å². The van der Waals surface area contributed by atoms with Gasteiger partial charge in [-0.05, 0) is 57.0 Å². The SMILES string of the molecule is CN1CCN(C(=O)CCO[C@H]2CC[C@H](N(C)S(=O)(=O)c3ccc(C(F)(F)F)cc3)CC2)CC1. The topological polar surface area (TPSA) is 70.2 Å². The minimum Gasteiger partial charge on any atom is -0.378 e. The molecule has 1 aliphatic heterocycles. The summed E-state index contributed by atoms with van der Waals surface area (Å²) in [5, 5.41) is 0. The van der Waals surface area contributed by atoms with E-state index in [-0.39, 0.29) is 22.9 Å². The van der Waals surface area contributed by atoms with Gasteiger partial charge in [0.1, 0.15) is 0 Å². The van der Waals surface area contributed by atoms with Crippen molar-refractivity contribution in [2.75, 3.05) is 46.9 Å². The van der Waals surface area contributed by atoms with Gasteiger partial charge in [0, 0.05) is 39.3 Å². The average Bonchev–Trinajstić information content (AvgIpc) is 2.79. The molecule has 1 aliphatic carbocycles. The predicted molar refractivity (Wildman–Crippen MR) is 117 cm³/mol. The Hall–Kier alpha value is -1.69. The van der Waals surface area contributed by atoms with Crippen LogP contribution in [-0.2, 0) is 25.7 Å². The zero-order valence-electron chi connectivity index (χ0n) is 19.1. The van der Waals surface area contributed by atoms with Crippen molar-refractivity contribution in [3.63, 3.8) is 0 Å². The van der Waals surface area contributed by atoms with E-state index in [0.29, 0.717) is 38.7 Å². The van der Waals surface area contributed by atoms with E-state index < -0.39 is 21.8 Å². The van der Waals surface area contributed by atoms with Crippen LogP contribution in [0, 0.1) is 0 Å². The molecule has 1 aromatic carbocycles. The monoisotopic (exact) mass is 491 g/mol. The van der Waals surface area contributed by atoms with E-state index in [1.54, 1.807) is 0 Å². The van der Waals surface area contributed by atoms with Crippen LogP contribution in [-0.4, -0.2) is 87.5 Å². The Morgan fingerprint density at radius 2 is 1.64 bits per heavy atom. The molecule has 1 saturated heterocycles. The van der Waals surface area contributed by atoms with E-state index in [1.807, 2.05) is 11.9 Å². The number of halogens is 3. The quantitative estimate of drug-likeness (QED) is 0.587. The lowest BCUT2D eigenvalue weighted by atomic mass is 9.93. The summed E-state index contributed by atoms with van der Waals surface area (Å²) in [4.78, 5) is 16.2. The molecule has 0 unspecified atom stereocenters. The molecule has 33 heavy (non-hydrogen) atoms. The van der Waals surface area contributed by atoms with Crippen molar-refractivity contribution in [3.05, 3.63) is 29.8 Å². The van der Waals surface area contributed by atoms with Gasteiger partial charge >= 0.3 is 6.18 Å². The molecule has 0 aromatic heterocycles. The second kappa shape index (κ2) is 10.7. The molecule has 186 valence electrons. The van der Waals surface area contributed by atoms with Crippen molar-refractivity contribution >= 4 is 15.9 Å². The van der Waals surface area contributed by atoms with Gasteiger partial charge in [-0.3, -0.25) is 4.79 Å². The number of hydrogen-bond donors (Lipinski definition) is 0. The molecular weight excluding hydrogens is 459 g/mol. The average molecular weight is 492 g/mol. The summed E-state index contributed by atoms with van der Waals surface area (Å²) in [6.07, 6.45) is -1.68. The van der Waals surface area contributed by atoms with Crippen LogP contribution >= 0.6 is 0 Å². The molecule has 2 fully saturated rings. The predicted octanol–water partition coefficient (Wildman–Crippen LogP) is 2.82. The van der Waals surface area contributed by atoms with Gasteiger partial charge in [0.25, 0.3) is 0 Å². The summed E-state index contributed by atoms with van der Waals surface area (Å²) in [5.41, 5.74) is -0.882. The zero-order valence-corrected chi connectivity index (χ0v) is 19.9. The Morgan fingerprint density at radius 1 is 1.06 bits per heavy atom. The van der Waals surface area contributed by atoms with Gasteiger partial charge in [0.05, 0.1) is 29.6 Å². The van der Waals surface area contributed by atoms with Gasteiger partial charge in [-0.25, -0.2) is 8.42 Å². The van der Waals surface area contributed by atoms with Crippen molar-refractivity contribution in [3.8, 4) is 0 Å². The number of carbonyl (C=O) groups excluding carboxylic acids is 1. The van der Waals surface area contributed by atoms with Crippen LogP contribution < -0.4 is 0 Å². The first-order valence-corrected chi connectivity index (χ1v) is 12.7. The third kappa shape index (κ3) is 6.68. The van der Waals surface area contributed by atoms with Gasteiger partial charge in [-0.15, -0.1) is 0 Å². The van der Waals surface area contributed by atoms with Crippen molar-refractivity contribution < 1.29 is 31.1 Å². The lowest BCUT2D eigenvalue weighted by molar-refractivity contribution is -0.137. The molecule has 11 heteroatoms. The number of benzene rings is 1. The highest BCUT2D eigenvalue weighted by molar-refractivity contribution is 7.89. The normalized spacial score (nSPS) is 23.2. The molecule has 0 atom stereocenters. The highest BCUT2D eigenvalue weighted by atomic mass is 32.2. The molecule has 0 bridgehead atoms. The fourth-order valence-corrected chi connectivity index (χ4v) is 5.70. The number of hydrogen-bond acceptors (Lipinski definition) is 5. The highest BCUT2D eigenvalue weighted by Crippen LogP contribution is 2.32. The van der Waals surface area contributed by atoms with E-state index in [9.17, 15) is 26.4 Å². The Morgan fingerprint density at radius 3 is 2.18 bits per heavy atom. The van der Waals surface area contributed by atoms with Gasteiger partial charge in [-0.2, -0.15) is 17.5 Å². The highest BCUT2D eigenvalue weighted by Gasteiger charge is 2.34. The van der Waals surface area contributed by atoms with Gasteiger partial charge < -0.3 is 14.5 Å². The van der Waals surface area contributed by atoms with Crippen LogP contribution in [0.2, 0.25) is 0 Å². The maximum absolute atomic E-state index is 12.9. The summed E-state index contributed by atoms with van der Waals surface area (Å²) in [5.74, 6) is 0.0964. The fourth-order valence-electron chi connectivity index (χ4n) is 4.28. The standard InChI is InChI=1S/C22H32F3N3O4S/c1-26-12-14-28(15-13-26)21(29)11-16-32-19-7-5-18(6-8-19)27(2)33(30,31)20-9-3-17(4-10-20)22(23,24)25/h3-4,9-10,18-19H,5-8,11-16H2,1-2H3/t18-,19-. The number of piperazine rings is 1. The number of ether oxygens (including phenoxy) is 1. The lowest BCUT2D eigenvalue weighted by Crippen LogP contribution is -2.47. The lowest BCUT2D eigenvalue weighted by Gasteiger charge is -2.34. The summed E-state index contributed by atoms with van der Waals surface area (Å²) in [6.45, 7) is 3.57. The molecule has 1 aromatic rings. The van der Waals surface area contributed by atoms with E-state index in [2.05, 4.69) is 4.90 Å². The first-order valence-electron chi connectivity index (χ1n) is 11.2. The van der Waals surface area contributed by atoms with Crippen LogP contribution in [0.5, 0.6) is 0 Å². The van der Waals surface area contributed by atoms with Crippen molar-refractivity contribution in [2.24, 2.45) is 0 Å². The third-order valence-electron chi connectivity index (χ3n) is 6.54. The minimum atomic E-state index is -4.51. The summed E-state index contributed by atoms with van der Waals surface area (Å²) in [6, 6.07) is 3.33. The summed E-state index contributed by atoms with van der Waals surface area (Å²) < 4.78 is 71.1. The Kier molecular flexibility index (Phi) is 8.41. The summed E-state index contributed by atoms with van der Waals surface area (Å²) >= 11 is 0. The molecule has 2 aliphatic rings. The molecule has 7 nitrogen and oxygen atoms in total. The van der Waals surface area contributed by atoms with E-state index in [4.69, 9.17) is 4.74 Å². The largest absolute Gasteiger partial charge is 0.416 e. The smallest absolute Gasteiger partial charge is 0.378 e. The molecule has 0 spiro atoms. The molecule has 1 heterocycles. The second-order valence-corrected chi connectivity index (χ2v) is 10.8. The third-order valence-corrected chi connectivity index (χ3v) is 8.47. The maximum Gasteiger partial charge on any atom is 0.416 e. The minimum absolute atomic E-state index is 0.0243. The molecule has 0 radical (unpaired) electrons. The van der Waals surface area contributed by atoms with Gasteiger partial charge in [0.2, 0.25) is 15.9 Å². The number of likely N-dealkylation sites (N-methyl/N-ethyl adjacent to an activating group) is 1. The fraction of sp³-hybridized carbons (Fsp3) is 0.682. The maximum atomic E-state index is 12.9. The zero-order chi connectivity index (χ0) is 24.2. The van der Waals surface area contributed by atoms with Crippen LogP contribution in [0.1, 0.15) is 37.7 Å². The molecule has 0 N–H and O–H groups in total. The van der Waals surface area contributed by atoms with E-state index >= 15 is 0 Å². The number of sulfonamides is 1. The number of amides is 1. The van der Waals surface area contributed by atoms with E-state index in [0.717, 1.165) is 50.4 Å². The van der Waals surface area contributed by atoms with Crippen LogP contribution in [0.15, 0.2) is 29.2 Å². The van der Waals surface area contributed by atoms with Crippen LogP contribution in [0.25, 0.3) is 0 Å². The molecular formula is C22H32F3N3O4S. The Balaban J connectivity index is 1.44. The molecule has 1 saturated carbocycles. The van der Waals surface area contributed by atoms with Crippen molar-refractivity contribution in [1.29, 1.82) is 0 Å². The first-order chi connectivity index (χ1) is 15.5. The second-order valence-electron chi connectivity index (χ2n) is 8.78. The molecule has 1 amide bonds. The van der Waals surface area contributed by atoms with Gasteiger partial charge in [-0.1, -0.05) is 0 Å². The van der Waals surface area contributed by atoms with Crippen molar-refractivity contribution in [2.45, 2.75) is 55.3 Å². The van der Waals surface area contributed by atoms with Crippen LogP contribution in [0.3, 0.4) is 0 Å². The first kappa shape index (κ1) is 25.9.